The minimum absolute atomic E-state index is 0.167. The van der Waals surface area contributed by atoms with Crippen molar-refractivity contribution < 1.29 is 9.53 Å². The molecular formula is C16H22N2O2. The Bertz CT molecular complexity index is 589. The van der Waals surface area contributed by atoms with Crippen LogP contribution in [0.15, 0.2) is 24.3 Å². The van der Waals surface area contributed by atoms with Gasteiger partial charge in [0.15, 0.2) is 0 Å². The van der Waals surface area contributed by atoms with E-state index in [4.69, 9.17) is 4.74 Å². The molecule has 0 amide bonds. The molecule has 0 fully saturated rings. The number of hydrogen-bond donors (Lipinski definition) is 0. The molecule has 0 bridgehead atoms. The summed E-state index contributed by atoms with van der Waals surface area (Å²) in [6.45, 7) is 7.20. The third kappa shape index (κ3) is 2.69. The number of carbonyl (C=O) groups excluding carboxylic acids is 1. The normalized spacial score (nSPS) is 12.6. The molecule has 0 radical (unpaired) electrons. The van der Waals surface area contributed by atoms with Crippen LogP contribution in [0.4, 0.5) is 0 Å². The quantitative estimate of drug-likeness (QED) is 0.757. The van der Waals surface area contributed by atoms with Crippen molar-refractivity contribution >= 4 is 17.0 Å². The van der Waals surface area contributed by atoms with Crippen molar-refractivity contribution in [2.24, 2.45) is 0 Å². The highest BCUT2D eigenvalue weighted by Gasteiger charge is 2.26. The van der Waals surface area contributed by atoms with Crippen molar-refractivity contribution in [1.82, 2.24) is 9.55 Å². The Morgan fingerprint density at radius 2 is 2.05 bits per heavy atom. The first-order valence-electron chi connectivity index (χ1n) is 7.34. The first-order valence-corrected chi connectivity index (χ1v) is 7.34. The van der Waals surface area contributed by atoms with Crippen LogP contribution in [0.1, 0.15) is 45.4 Å². The first kappa shape index (κ1) is 14.6. The number of rotatable bonds is 6. The lowest BCUT2D eigenvalue weighted by Gasteiger charge is -2.15. The van der Waals surface area contributed by atoms with Crippen LogP contribution in [0.2, 0.25) is 0 Å². The second-order valence-electron chi connectivity index (χ2n) is 4.80. The molecule has 2 aromatic rings. The molecule has 1 unspecified atom stereocenters. The number of hydrogen-bond acceptors (Lipinski definition) is 3. The number of aryl methyl sites for hydroxylation is 1. The van der Waals surface area contributed by atoms with Gasteiger partial charge in [-0.1, -0.05) is 25.5 Å². The van der Waals surface area contributed by atoms with Gasteiger partial charge >= 0.3 is 5.97 Å². The van der Waals surface area contributed by atoms with E-state index in [0.29, 0.717) is 6.61 Å². The van der Waals surface area contributed by atoms with Crippen molar-refractivity contribution in [2.45, 2.75) is 46.1 Å². The first-order chi connectivity index (χ1) is 9.72. The summed E-state index contributed by atoms with van der Waals surface area (Å²) >= 11 is 0. The molecule has 1 aromatic heterocycles. The second-order valence-corrected chi connectivity index (χ2v) is 4.80. The highest BCUT2D eigenvalue weighted by Crippen LogP contribution is 2.26. The molecule has 108 valence electrons. The lowest BCUT2D eigenvalue weighted by Crippen LogP contribution is -2.20. The SMILES string of the molecule is CCCC(C(=O)OCC)c1nc2ccccc2n1CC. The molecule has 4 heteroatoms. The van der Waals surface area contributed by atoms with E-state index in [-0.39, 0.29) is 11.9 Å². The molecule has 1 atom stereocenters. The third-order valence-electron chi connectivity index (χ3n) is 3.46. The summed E-state index contributed by atoms with van der Waals surface area (Å²) in [6.07, 6.45) is 1.69. The van der Waals surface area contributed by atoms with Crippen LogP contribution in [-0.2, 0) is 16.1 Å². The van der Waals surface area contributed by atoms with Gasteiger partial charge in [-0.15, -0.1) is 0 Å². The highest BCUT2D eigenvalue weighted by atomic mass is 16.5. The van der Waals surface area contributed by atoms with E-state index >= 15 is 0 Å². The van der Waals surface area contributed by atoms with Crippen LogP contribution in [0.25, 0.3) is 11.0 Å². The Hall–Kier alpha value is -1.84. The van der Waals surface area contributed by atoms with Gasteiger partial charge in [-0.2, -0.15) is 0 Å². The Labute approximate surface area is 119 Å². The van der Waals surface area contributed by atoms with Crippen molar-refractivity contribution in [1.29, 1.82) is 0 Å². The topological polar surface area (TPSA) is 44.1 Å². The van der Waals surface area contributed by atoms with E-state index in [2.05, 4.69) is 23.4 Å². The molecule has 0 N–H and O–H groups in total. The van der Waals surface area contributed by atoms with Crippen molar-refractivity contribution in [3.05, 3.63) is 30.1 Å². The van der Waals surface area contributed by atoms with Crippen molar-refractivity contribution in [3.8, 4) is 0 Å². The zero-order valence-corrected chi connectivity index (χ0v) is 12.4. The Balaban J connectivity index is 2.49. The highest BCUT2D eigenvalue weighted by molar-refractivity contribution is 5.81. The summed E-state index contributed by atoms with van der Waals surface area (Å²) in [5.41, 5.74) is 2.02. The predicted molar refractivity (Wildman–Crippen MR) is 79.7 cm³/mol. The summed E-state index contributed by atoms with van der Waals surface area (Å²) in [5, 5.41) is 0. The zero-order chi connectivity index (χ0) is 14.5. The minimum atomic E-state index is -0.271. The number of benzene rings is 1. The van der Waals surface area contributed by atoms with E-state index in [1.54, 1.807) is 0 Å². The molecule has 4 nitrogen and oxygen atoms in total. The summed E-state index contributed by atoms with van der Waals surface area (Å²) in [6, 6.07) is 8.00. The molecule has 1 heterocycles. The van der Waals surface area contributed by atoms with Gasteiger partial charge in [-0.25, -0.2) is 4.98 Å². The predicted octanol–water partition coefficient (Wildman–Crippen LogP) is 3.50. The fourth-order valence-electron chi connectivity index (χ4n) is 2.58. The van der Waals surface area contributed by atoms with Crippen molar-refractivity contribution in [2.75, 3.05) is 6.61 Å². The van der Waals surface area contributed by atoms with Crippen LogP contribution in [0.5, 0.6) is 0 Å². The van der Waals surface area contributed by atoms with Gasteiger partial charge in [0.05, 0.1) is 17.6 Å². The van der Waals surface area contributed by atoms with Crippen molar-refractivity contribution in [3.63, 3.8) is 0 Å². The molecule has 0 aliphatic heterocycles. The lowest BCUT2D eigenvalue weighted by molar-refractivity contribution is -0.145. The molecule has 1 aromatic carbocycles. The number of nitrogens with zero attached hydrogens (tertiary/aromatic N) is 2. The van der Waals surface area contributed by atoms with Crippen LogP contribution >= 0.6 is 0 Å². The molecule has 0 spiro atoms. The number of esters is 1. The van der Waals surface area contributed by atoms with Gasteiger partial charge in [-0.3, -0.25) is 4.79 Å². The average Bonchev–Trinajstić information content (AvgIpc) is 2.82. The average molecular weight is 274 g/mol. The van der Waals surface area contributed by atoms with Crippen LogP contribution in [-0.4, -0.2) is 22.1 Å². The minimum Gasteiger partial charge on any atom is -0.465 e. The number of para-hydroxylation sites is 2. The summed E-state index contributed by atoms with van der Waals surface area (Å²) in [4.78, 5) is 16.9. The van der Waals surface area contributed by atoms with E-state index in [1.807, 2.05) is 31.2 Å². The number of aromatic nitrogens is 2. The van der Waals surface area contributed by atoms with Gasteiger partial charge in [0.1, 0.15) is 11.7 Å². The summed E-state index contributed by atoms with van der Waals surface area (Å²) in [5.74, 6) is 0.389. The Kier molecular flexibility index (Phi) is 4.77. The van der Waals surface area contributed by atoms with Crippen LogP contribution < -0.4 is 0 Å². The fraction of sp³-hybridized carbons (Fsp3) is 0.500. The van der Waals surface area contributed by atoms with E-state index in [1.165, 1.54) is 0 Å². The second kappa shape index (κ2) is 6.55. The van der Waals surface area contributed by atoms with Crippen LogP contribution in [0.3, 0.4) is 0 Å². The molecule has 0 aliphatic carbocycles. The standard InChI is InChI=1S/C16H22N2O2/c1-4-9-12(16(19)20-6-3)15-17-13-10-7-8-11-14(13)18(15)5-2/h7-8,10-12H,4-6,9H2,1-3H3. The third-order valence-corrected chi connectivity index (χ3v) is 3.46. The zero-order valence-electron chi connectivity index (χ0n) is 12.4. The summed E-state index contributed by atoms with van der Waals surface area (Å²) in [7, 11) is 0. The smallest absolute Gasteiger partial charge is 0.316 e. The molecular weight excluding hydrogens is 252 g/mol. The molecule has 0 saturated carbocycles. The van der Waals surface area contributed by atoms with E-state index in [9.17, 15) is 4.79 Å². The van der Waals surface area contributed by atoms with Gasteiger partial charge in [0, 0.05) is 6.54 Å². The lowest BCUT2D eigenvalue weighted by atomic mass is 10.0. The molecule has 0 saturated heterocycles. The largest absolute Gasteiger partial charge is 0.465 e. The monoisotopic (exact) mass is 274 g/mol. The van der Waals surface area contributed by atoms with E-state index in [0.717, 1.165) is 36.2 Å². The van der Waals surface area contributed by atoms with E-state index < -0.39 is 0 Å². The van der Waals surface area contributed by atoms with Gasteiger partial charge in [0.25, 0.3) is 0 Å². The van der Waals surface area contributed by atoms with Crippen LogP contribution in [0, 0.1) is 0 Å². The summed E-state index contributed by atoms with van der Waals surface area (Å²) < 4.78 is 7.33. The molecule has 2 rings (SSSR count). The molecule has 20 heavy (non-hydrogen) atoms. The number of ether oxygens (including phenoxy) is 1. The Morgan fingerprint density at radius 1 is 1.30 bits per heavy atom. The Morgan fingerprint density at radius 3 is 2.70 bits per heavy atom. The maximum atomic E-state index is 12.2. The van der Waals surface area contributed by atoms with Gasteiger partial charge in [0.2, 0.25) is 0 Å². The number of imidazole rings is 1. The van der Waals surface area contributed by atoms with Gasteiger partial charge in [-0.05, 0) is 32.4 Å². The maximum absolute atomic E-state index is 12.2. The number of carbonyl (C=O) groups is 1. The number of fused-ring (bicyclic) bond motifs is 1. The fourth-order valence-corrected chi connectivity index (χ4v) is 2.58. The van der Waals surface area contributed by atoms with Gasteiger partial charge < -0.3 is 9.30 Å². The molecule has 0 aliphatic rings. The maximum Gasteiger partial charge on any atom is 0.316 e.